The zero-order valence-electron chi connectivity index (χ0n) is 12.3. The van der Waals surface area contributed by atoms with Crippen LogP contribution < -0.4 is 5.32 Å². The standard InChI is InChI=1S/C15H22N2O2/c1-10(2)16-14(18)9-17(5)15(19)13-7-6-11(3)12(4)8-13/h6-8,10H,9H2,1-5H3,(H,16,18). The Balaban J connectivity index is 2.71. The van der Waals surface area contributed by atoms with E-state index in [1.165, 1.54) is 4.90 Å². The minimum absolute atomic E-state index is 0.0734. The topological polar surface area (TPSA) is 49.4 Å². The summed E-state index contributed by atoms with van der Waals surface area (Å²) in [6.07, 6.45) is 0. The number of amides is 2. The van der Waals surface area contributed by atoms with Gasteiger partial charge in [0, 0.05) is 18.7 Å². The predicted octanol–water partition coefficient (Wildman–Crippen LogP) is 1.90. The van der Waals surface area contributed by atoms with Crippen molar-refractivity contribution in [2.75, 3.05) is 13.6 Å². The maximum atomic E-state index is 12.2. The molecule has 19 heavy (non-hydrogen) atoms. The van der Waals surface area contributed by atoms with Crippen LogP contribution in [0.1, 0.15) is 35.3 Å². The Morgan fingerprint density at radius 3 is 2.37 bits per heavy atom. The van der Waals surface area contributed by atoms with Crippen molar-refractivity contribution in [1.29, 1.82) is 0 Å². The van der Waals surface area contributed by atoms with Crippen LogP contribution in [0.5, 0.6) is 0 Å². The van der Waals surface area contributed by atoms with Crippen LogP contribution in [0.3, 0.4) is 0 Å². The number of hydrogen-bond acceptors (Lipinski definition) is 2. The summed E-state index contributed by atoms with van der Waals surface area (Å²) in [4.78, 5) is 25.2. The van der Waals surface area contributed by atoms with Gasteiger partial charge < -0.3 is 10.2 Å². The number of carbonyl (C=O) groups excluding carboxylic acids is 2. The van der Waals surface area contributed by atoms with E-state index in [9.17, 15) is 9.59 Å². The number of nitrogens with one attached hydrogen (secondary N) is 1. The van der Waals surface area contributed by atoms with Crippen molar-refractivity contribution in [3.63, 3.8) is 0 Å². The van der Waals surface area contributed by atoms with Crippen molar-refractivity contribution in [2.24, 2.45) is 0 Å². The van der Waals surface area contributed by atoms with Crippen LogP contribution in [-0.4, -0.2) is 36.3 Å². The zero-order chi connectivity index (χ0) is 14.6. The molecule has 0 aromatic heterocycles. The number of nitrogens with zero attached hydrogens (tertiary/aromatic N) is 1. The molecule has 0 fully saturated rings. The van der Waals surface area contributed by atoms with E-state index in [0.717, 1.165) is 11.1 Å². The monoisotopic (exact) mass is 262 g/mol. The van der Waals surface area contributed by atoms with Gasteiger partial charge in [0.2, 0.25) is 5.91 Å². The molecule has 0 aliphatic carbocycles. The molecule has 1 aromatic rings. The van der Waals surface area contributed by atoms with Gasteiger partial charge in [-0.25, -0.2) is 0 Å². The third kappa shape index (κ3) is 4.39. The SMILES string of the molecule is Cc1ccc(C(=O)N(C)CC(=O)NC(C)C)cc1C. The summed E-state index contributed by atoms with van der Waals surface area (Å²) in [6.45, 7) is 7.83. The number of hydrogen-bond donors (Lipinski definition) is 1. The Bertz CT molecular complexity index is 481. The van der Waals surface area contributed by atoms with Gasteiger partial charge in [-0.2, -0.15) is 0 Å². The number of likely N-dealkylation sites (N-methyl/N-ethyl adjacent to an activating group) is 1. The maximum absolute atomic E-state index is 12.2. The van der Waals surface area contributed by atoms with E-state index in [0.29, 0.717) is 5.56 Å². The Kier molecular flexibility index (Phi) is 5.10. The third-order valence-corrected chi connectivity index (χ3v) is 2.93. The fraction of sp³-hybridized carbons (Fsp3) is 0.467. The molecule has 0 radical (unpaired) electrons. The molecule has 0 atom stereocenters. The van der Waals surface area contributed by atoms with Crippen molar-refractivity contribution < 1.29 is 9.59 Å². The van der Waals surface area contributed by atoms with Crippen LogP contribution in [0, 0.1) is 13.8 Å². The second kappa shape index (κ2) is 6.36. The van der Waals surface area contributed by atoms with E-state index in [4.69, 9.17) is 0 Å². The first-order chi connectivity index (χ1) is 8.81. The summed E-state index contributed by atoms with van der Waals surface area (Å²) in [5, 5.41) is 2.77. The van der Waals surface area contributed by atoms with E-state index in [1.54, 1.807) is 13.1 Å². The van der Waals surface area contributed by atoms with E-state index in [1.807, 2.05) is 39.8 Å². The molecule has 0 aliphatic rings. The van der Waals surface area contributed by atoms with Crippen molar-refractivity contribution in [1.82, 2.24) is 10.2 Å². The minimum atomic E-state index is -0.144. The summed E-state index contributed by atoms with van der Waals surface area (Å²) in [5.41, 5.74) is 2.84. The molecule has 1 rings (SSSR count). The molecule has 0 bridgehead atoms. The lowest BCUT2D eigenvalue weighted by molar-refractivity contribution is -0.122. The first-order valence-electron chi connectivity index (χ1n) is 6.43. The molecule has 0 saturated carbocycles. The van der Waals surface area contributed by atoms with Gasteiger partial charge in [-0.1, -0.05) is 6.07 Å². The van der Waals surface area contributed by atoms with Gasteiger partial charge in [0.05, 0.1) is 6.54 Å². The fourth-order valence-corrected chi connectivity index (χ4v) is 1.75. The van der Waals surface area contributed by atoms with Gasteiger partial charge in [0.1, 0.15) is 0 Å². The van der Waals surface area contributed by atoms with Crippen molar-refractivity contribution >= 4 is 11.8 Å². The van der Waals surface area contributed by atoms with Gasteiger partial charge in [-0.15, -0.1) is 0 Å². The third-order valence-electron chi connectivity index (χ3n) is 2.93. The molecular weight excluding hydrogens is 240 g/mol. The molecular formula is C15H22N2O2. The highest BCUT2D eigenvalue weighted by molar-refractivity contribution is 5.96. The van der Waals surface area contributed by atoms with Crippen molar-refractivity contribution in [3.05, 3.63) is 34.9 Å². The normalized spacial score (nSPS) is 10.4. The van der Waals surface area contributed by atoms with Crippen LogP contribution in [0.2, 0.25) is 0 Å². The number of benzene rings is 1. The lowest BCUT2D eigenvalue weighted by Gasteiger charge is -2.18. The Morgan fingerprint density at radius 2 is 1.84 bits per heavy atom. The molecule has 4 heteroatoms. The fourth-order valence-electron chi connectivity index (χ4n) is 1.75. The first-order valence-corrected chi connectivity index (χ1v) is 6.43. The number of carbonyl (C=O) groups is 2. The van der Waals surface area contributed by atoms with E-state index >= 15 is 0 Å². The smallest absolute Gasteiger partial charge is 0.254 e. The number of rotatable bonds is 4. The summed E-state index contributed by atoms with van der Waals surface area (Å²) >= 11 is 0. The molecule has 1 N–H and O–H groups in total. The van der Waals surface area contributed by atoms with Crippen molar-refractivity contribution in [2.45, 2.75) is 33.7 Å². The molecule has 0 heterocycles. The van der Waals surface area contributed by atoms with Crippen LogP contribution >= 0.6 is 0 Å². The van der Waals surface area contributed by atoms with Crippen LogP contribution in [0.4, 0.5) is 0 Å². The van der Waals surface area contributed by atoms with Crippen LogP contribution in [0.25, 0.3) is 0 Å². The summed E-state index contributed by atoms with van der Waals surface area (Å²) in [6, 6.07) is 5.65. The lowest BCUT2D eigenvalue weighted by atomic mass is 10.1. The second-order valence-electron chi connectivity index (χ2n) is 5.18. The first kappa shape index (κ1) is 15.2. The predicted molar refractivity (Wildman–Crippen MR) is 76.2 cm³/mol. The molecule has 104 valence electrons. The van der Waals surface area contributed by atoms with E-state index in [-0.39, 0.29) is 24.4 Å². The van der Waals surface area contributed by atoms with Crippen molar-refractivity contribution in [3.8, 4) is 0 Å². The highest BCUT2D eigenvalue weighted by atomic mass is 16.2. The summed E-state index contributed by atoms with van der Waals surface area (Å²) in [7, 11) is 1.64. The van der Waals surface area contributed by atoms with Crippen LogP contribution in [0.15, 0.2) is 18.2 Å². The Labute approximate surface area is 114 Å². The molecule has 2 amide bonds. The Hall–Kier alpha value is -1.84. The van der Waals surface area contributed by atoms with E-state index < -0.39 is 0 Å². The van der Waals surface area contributed by atoms with Gasteiger partial charge >= 0.3 is 0 Å². The molecule has 0 aliphatic heterocycles. The van der Waals surface area contributed by atoms with Gasteiger partial charge in [-0.05, 0) is 51.0 Å². The lowest BCUT2D eigenvalue weighted by Crippen LogP contribution is -2.40. The highest BCUT2D eigenvalue weighted by Gasteiger charge is 2.15. The Morgan fingerprint density at radius 1 is 1.21 bits per heavy atom. The largest absolute Gasteiger partial charge is 0.352 e. The molecule has 4 nitrogen and oxygen atoms in total. The van der Waals surface area contributed by atoms with Gasteiger partial charge in [0.15, 0.2) is 0 Å². The van der Waals surface area contributed by atoms with Gasteiger partial charge in [0.25, 0.3) is 5.91 Å². The second-order valence-corrected chi connectivity index (χ2v) is 5.18. The minimum Gasteiger partial charge on any atom is -0.352 e. The van der Waals surface area contributed by atoms with Gasteiger partial charge in [-0.3, -0.25) is 9.59 Å². The summed E-state index contributed by atoms with van der Waals surface area (Å²) < 4.78 is 0. The summed E-state index contributed by atoms with van der Waals surface area (Å²) in [5.74, 6) is -0.281. The quantitative estimate of drug-likeness (QED) is 0.901. The average molecular weight is 262 g/mol. The molecule has 0 saturated heterocycles. The highest BCUT2D eigenvalue weighted by Crippen LogP contribution is 2.11. The van der Waals surface area contributed by atoms with E-state index in [2.05, 4.69) is 5.32 Å². The van der Waals surface area contributed by atoms with Crippen LogP contribution in [-0.2, 0) is 4.79 Å². The number of aryl methyl sites for hydroxylation is 2. The maximum Gasteiger partial charge on any atom is 0.254 e. The molecule has 0 unspecified atom stereocenters. The molecule has 1 aromatic carbocycles. The zero-order valence-corrected chi connectivity index (χ0v) is 12.3. The molecule has 0 spiro atoms. The average Bonchev–Trinajstić information content (AvgIpc) is 2.30.